The van der Waals surface area contributed by atoms with Gasteiger partial charge in [0.2, 0.25) is 0 Å². The lowest BCUT2D eigenvalue weighted by atomic mass is 9.89. The Morgan fingerprint density at radius 3 is 3.11 bits per heavy atom. The lowest BCUT2D eigenvalue weighted by molar-refractivity contribution is -0.0277. The van der Waals surface area contributed by atoms with Crippen molar-refractivity contribution in [1.29, 1.82) is 0 Å². The van der Waals surface area contributed by atoms with Crippen LogP contribution >= 0.6 is 15.9 Å². The van der Waals surface area contributed by atoms with Crippen molar-refractivity contribution in [3.63, 3.8) is 0 Å². The second kappa shape index (κ2) is 7.27. The van der Waals surface area contributed by atoms with Crippen LogP contribution in [0.4, 0.5) is 0 Å². The van der Waals surface area contributed by atoms with E-state index in [0.29, 0.717) is 5.92 Å². The molecule has 0 spiro atoms. The van der Waals surface area contributed by atoms with Crippen LogP contribution in [0.5, 0.6) is 0 Å². The van der Waals surface area contributed by atoms with Gasteiger partial charge in [-0.15, -0.1) is 0 Å². The second-order valence-corrected chi connectivity index (χ2v) is 5.87. The summed E-state index contributed by atoms with van der Waals surface area (Å²) in [6.45, 7) is 5.25. The maximum Gasteiger partial charge on any atom is 0.0865 e. The SMILES string of the molecule is CCCNCC1CCCOC1c1cccc(Br)c1. The van der Waals surface area contributed by atoms with Gasteiger partial charge >= 0.3 is 0 Å². The number of hydrogen-bond acceptors (Lipinski definition) is 2. The first-order valence-electron chi connectivity index (χ1n) is 6.89. The molecule has 0 saturated carbocycles. The highest BCUT2D eigenvalue weighted by Crippen LogP contribution is 2.34. The van der Waals surface area contributed by atoms with Gasteiger partial charge in [-0.05, 0) is 43.5 Å². The van der Waals surface area contributed by atoms with Crippen molar-refractivity contribution < 1.29 is 4.74 Å². The summed E-state index contributed by atoms with van der Waals surface area (Å²) in [5, 5.41) is 3.53. The second-order valence-electron chi connectivity index (χ2n) is 4.95. The van der Waals surface area contributed by atoms with Crippen LogP contribution in [-0.2, 0) is 4.74 Å². The number of hydrogen-bond donors (Lipinski definition) is 1. The van der Waals surface area contributed by atoms with Gasteiger partial charge in [0, 0.05) is 23.5 Å². The van der Waals surface area contributed by atoms with Crippen molar-refractivity contribution in [1.82, 2.24) is 5.32 Å². The van der Waals surface area contributed by atoms with E-state index in [9.17, 15) is 0 Å². The monoisotopic (exact) mass is 311 g/mol. The van der Waals surface area contributed by atoms with Crippen LogP contribution in [0, 0.1) is 5.92 Å². The Morgan fingerprint density at radius 2 is 2.33 bits per heavy atom. The molecule has 1 saturated heterocycles. The first-order valence-corrected chi connectivity index (χ1v) is 7.68. The fourth-order valence-electron chi connectivity index (χ4n) is 2.57. The van der Waals surface area contributed by atoms with Gasteiger partial charge in [-0.25, -0.2) is 0 Å². The van der Waals surface area contributed by atoms with E-state index >= 15 is 0 Å². The van der Waals surface area contributed by atoms with Crippen molar-refractivity contribution in [2.24, 2.45) is 5.92 Å². The topological polar surface area (TPSA) is 21.3 Å². The summed E-state index contributed by atoms with van der Waals surface area (Å²) in [6, 6.07) is 8.51. The molecule has 1 fully saturated rings. The zero-order valence-electron chi connectivity index (χ0n) is 11.0. The molecule has 0 aromatic heterocycles. The number of nitrogens with one attached hydrogen (secondary N) is 1. The lowest BCUT2D eigenvalue weighted by Gasteiger charge is -2.32. The van der Waals surface area contributed by atoms with Crippen LogP contribution < -0.4 is 5.32 Å². The van der Waals surface area contributed by atoms with Gasteiger partial charge in [-0.3, -0.25) is 0 Å². The largest absolute Gasteiger partial charge is 0.373 e. The molecule has 100 valence electrons. The minimum absolute atomic E-state index is 0.251. The normalized spacial score (nSPS) is 24.1. The molecule has 1 aliphatic rings. The third-order valence-corrected chi connectivity index (χ3v) is 3.95. The van der Waals surface area contributed by atoms with Crippen molar-refractivity contribution in [3.8, 4) is 0 Å². The van der Waals surface area contributed by atoms with E-state index in [1.807, 2.05) is 0 Å². The highest BCUT2D eigenvalue weighted by atomic mass is 79.9. The molecular formula is C15H22BrNO. The minimum atomic E-state index is 0.251. The zero-order valence-corrected chi connectivity index (χ0v) is 12.6. The molecule has 2 nitrogen and oxygen atoms in total. The average molecular weight is 312 g/mol. The third-order valence-electron chi connectivity index (χ3n) is 3.46. The van der Waals surface area contributed by atoms with E-state index in [4.69, 9.17) is 4.74 Å². The highest BCUT2D eigenvalue weighted by molar-refractivity contribution is 9.10. The molecule has 0 radical (unpaired) electrons. The van der Waals surface area contributed by atoms with Gasteiger partial charge in [-0.1, -0.05) is 35.0 Å². The van der Waals surface area contributed by atoms with E-state index in [1.54, 1.807) is 0 Å². The van der Waals surface area contributed by atoms with E-state index in [-0.39, 0.29) is 6.10 Å². The van der Waals surface area contributed by atoms with Crippen LogP contribution in [0.1, 0.15) is 37.9 Å². The highest BCUT2D eigenvalue weighted by Gasteiger charge is 2.27. The van der Waals surface area contributed by atoms with E-state index in [0.717, 1.165) is 24.2 Å². The van der Waals surface area contributed by atoms with Gasteiger partial charge in [-0.2, -0.15) is 0 Å². The molecule has 2 rings (SSSR count). The average Bonchev–Trinajstić information content (AvgIpc) is 2.40. The first-order chi connectivity index (χ1) is 8.81. The molecular weight excluding hydrogens is 290 g/mol. The molecule has 2 unspecified atom stereocenters. The molecule has 1 heterocycles. The van der Waals surface area contributed by atoms with Crippen molar-refractivity contribution in [2.45, 2.75) is 32.3 Å². The Morgan fingerprint density at radius 1 is 1.44 bits per heavy atom. The van der Waals surface area contributed by atoms with Crippen molar-refractivity contribution >= 4 is 15.9 Å². The van der Waals surface area contributed by atoms with Gasteiger partial charge in [0.15, 0.2) is 0 Å². The molecule has 1 N–H and O–H groups in total. The van der Waals surface area contributed by atoms with E-state index < -0.39 is 0 Å². The molecule has 0 bridgehead atoms. The van der Waals surface area contributed by atoms with Crippen LogP contribution in [0.25, 0.3) is 0 Å². The van der Waals surface area contributed by atoms with Gasteiger partial charge < -0.3 is 10.1 Å². The molecule has 3 heteroatoms. The summed E-state index contributed by atoms with van der Waals surface area (Å²) in [7, 11) is 0. The number of rotatable bonds is 5. The van der Waals surface area contributed by atoms with Gasteiger partial charge in [0.05, 0.1) is 6.10 Å². The first kappa shape index (κ1) is 14.0. The Balaban J connectivity index is 2.03. The van der Waals surface area contributed by atoms with E-state index in [1.165, 1.54) is 24.8 Å². The quantitative estimate of drug-likeness (QED) is 0.832. The Kier molecular flexibility index (Phi) is 5.67. The van der Waals surface area contributed by atoms with Gasteiger partial charge in [0.25, 0.3) is 0 Å². The molecule has 1 aromatic rings. The van der Waals surface area contributed by atoms with E-state index in [2.05, 4.69) is 52.4 Å². The van der Waals surface area contributed by atoms with Crippen molar-refractivity contribution in [2.75, 3.05) is 19.7 Å². The van der Waals surface area contributed by atoms with Crippen LogP contribution in [-0.4, -0.2) is 19.7 Å². The summed E-state index contributed by atoms with van der Waals surface area (Å²) in [6.07, 6.45) is 3.88. The van der Waals surface area contributed by atoms with Crippen molar-refractivity contribution in [3.05, 3.63) is 34.3 Å². The molecule has 18 heavy (non-hydrogen) atoms. The predicted octanol–water partition coefficient (Wildman–Crippen LogP) is 3.92. The van der Waals surface area contributed by atoms with Gasteiger partial charge in [0.1, 0.15) is 0 Å². The molecule has 1 aliphatic heterocycles. The van der Waals surface area contributed by atoms with Crippen LogP contribution in [0.15, 0.2) is 28.7 Å². The molecule has 2 atom stereocenters. The van der Waals surface area contributed by atoms with Crippen LogP contribution in [0.3, 0.4) is 0 Å². The maximum absolute atomic E-state index is 6.00. The Labute approximate surface area is 118 Å². The zero-order chi connectivity index (χ0) is 12.8. The predicted molar refractivity (Wildman–Crippen MR) is 78.7 cm³/mol. The number of halogens is 1. The summed E-state index contributed by atoms with van der Waals surface area (Å²) in [5.41, 5.74) is 1.30. The Hall–Kier alpha value is -0.380. The van der Waals surface area contributed by atoms with Crippen LogP contribution in [0.2, 0.25) is 0 Å². The molecule has 0 aliphatic carbocycles. The molecule has 1 aromatic carbocycles. The maximum atomic E-state index is 6.00. The number of benzene rings is 1. The summed E-state index contributed by atoms with van der Waals surface area (Å²) in [4.78, 5) is 0. The smallest absolute Gasteiger partial charge is 0.0865 e. The summed E-state index contributed by atoms with van der Waals surface area (Å²) >= 11 is 3.54. The molecule has 0 amide bonds. The fourth-order valence-corrected chi connectivity index (χ4v) is 2.99. The Bertz CT molecular complexity index is 369. The fraction of sp³-hybridized carbons (Fsp3) is 0.600. The lowest BCUT2D eigenvalue weighted by Crippen LogP contribution is -2.32. The third kappa shape index (κ3) is 3.81. The summed E-state index contributed by atoms with van der Waals surface area (Å²) in [5.74, 6) is 0.597. The summed E-state index contributed by atoms with van der Waals surface area (Å²) < 4.78 is 7.14. The number of ether oxygens (including phenoxy) is 1. The standard InChI is InChI=1S/C15H22BrNO/c1-2-8-17-11-13-6-4-9-18-15(13)12-5-3-7-14(16)10-12/h3,5,7,10,13,15,17H,2,4,6,8-9,11H2,1H3. The minimum Gasteiger partial charge on any atom is -0.373 e.